The highest BCUT2D eigenvalue weighted by molar-refractivity contribution is 6.42. The summed E-state index contributed by atoms with van der Waals surface area (Å²) in [6.45, 7) is 3.69. The molecular weight excluding hydrogens is 411 g/mol. The Hall–Kier alpha value is -2.28. The van der Waals surface area contributed by atoms with Gasteiger partial charge in [0.25, 0.3) is 0 Å². The van der Waals surface area contributed by atoms with Crippen molar-refractivity contribution < 1.29 is 9.15 Å². The SMILES string of the molecule is Clc1ccc(OC2CCN(CCNc3nccc(-c4ccoc4)n3)CC2)cc1Cl. The minimum absolute atomic E-state index is 0.200. The Labute approximate surface area is 179 Å². The summed E-state index contributed by atoms with van der Waals surface area (Å²) in [6.07, 6.45) is 7.23. The highest BCUT2D eigenvalue weighted by atomic mass is 35.5. The maximum atomic E-state index is 6.06. The van der Waals surface area contributed by atoms with Crippen LogP contribution in [0.15, 0.2) is 53.5 Å². The Morgan fingerprint density at radius 3 is 2.76 bits per heavy atom. The molecule has 0 spiro atoms. The van der Waals surface area contributed by atoms with Crippen molar-refractivity contribution in [2.75, 3.05) is 31.5 Å². The van der Waals surface area contributed by atoms with Crippen LogP contribution >= 0.6 is 23.2 Å². The maximum absolute atomic E-state index is 6.06. The van der Waals surface area contributed by atoms with E-state index in [0.29, 0.717) is 16.0 Å². The predicted octanol–water partition coefficient (Wildman–Crippen LogP) is 5.00. The second kappa shape index (κ2) is 9.48. The number of rotatable bonds is 7. The lowest BCUT2D eigenvalue weighted by Gasteiger charge is -2.32. The summed E-state index contributed by atoms with van der Waals surface area (Å²) < 4.78 is 11.2. The van der Waals surface area contributed by atoms with Crippen molar-refractivity contribution in [2.24, 2.45) is 0 Å². The molecule has 1 fully saturated rings. The quantitative estimate of drug-likeness (QED) is 0.566. The highest BCUT2D eigenvalue weighted by Gasteiger charge is 2.20. The van der Waals surface area contributed by atoms with E-state index in [9.17, 15) is 0 Å². The molecule has 1 N–H and O–H groups in total. The van der Waals surface area contributed by atoms with Crippen molar-refractivity contribution >= 4 is 29.2 Å². The number of furan rings is 1. The molecule has 3 heterocycles. The standard InChI is InChI=1S/C21H22Cl2N4O2/c22-18-2-1-17(13-19(18)23)29-16-4-9-27(10-5-16)11-8-25-21-24-7-3-20(26-21)15-6-12-28-14-15/h1-3,6-7,12-14,16H,4-5,8-11H2,(H,24,25,26). The van der Waals surface area contributed by atoms with Gasteiger partial charge in [0.05, 0.1) is 28.3 Å². The number of hydrogen-bond donors (Lipinski definition) is 1. The summed E-state index contributed by atoms with van der Waals surface area (Å²) in [5.74, 6) is 1.40. The minimum Gasteiger partial charge on any atom is -0.490 e. The van der Waals surface area contributed by atoms with Crippen LogP contribution < -0.4 is 10.1 Å². The first kappa shape index (κ1) is 20.0. The van der Waals surface area contributed by atoms with Crippen LogP contribution in [-0.2, 0) is 0 Å². The maximum Gasteiger partial charge on any atom is 0.223 e. The van der Waals surface area contributed by atoms with Crippen LogP contribution in [0.3, 0.4) is 0 Å². The van der Waals surface area contributed by atoms with Gasteiger partial charge in [-0.2, -0.15) is 0 Å². The zero-order chi connectivity index (χ0) is 20.1. The van der Waals surface area contributed by atoms with Gasteiger partial charge in [0.15, 0.2) is 0 Å². The fourth-order valence-electron chi connectivity index (χ4n) is 3.33. The molecule has 2 aromatic heterocycles. The molecule has 3 aromatic rings. The predicted molar refractivity (Wildman–Crippen MR) is 115 cm³/mol. The number of benzene rings is 1. The summed E-state index contributed by atoms with van der Waals surface area (Å²) >= 11 is 12.0. The molecule has 8 heteroatoms. The highest BCUT2D eigenvalue weighted by Crippen LogP contribution is 2.28. The fraction of sp³-hybridized carbons (Fsp3) is 0.333. The van der Waals surface area contributed by atoms with E-state index < -0.39 is 0 Å². The number of ether oxygens (including phenoxy) is 1. The summed E-state index contributed by atoms with van der Waals surface area (Å²) in [5.41, 5.74) is 1.79. The lowest BCUT2D eigenvalue weighted by molar-refractivity contribution is 0.103. The number of anilines is 1. The van der Waals surface area contributed by atoms with Gasteiger partial charge in [-0.05, 0) is 37.1 Å². The molecule has 1 aromatic carbocycles. The van der Waals surface area contributed by atoms with Crippen molar-refractivity contribution in [3.63, 3.8) is 0 Å². The van der Waals surface area contributed by atoms with Crippen molar-refractivity contribution in [1.82, 2.24) is 14.9 Å². The van der Waals surface area contributed by atoms with E-state index in [1.807, 2.05) is 18.2 Å². The molecular formula is C21H22Cl2N4O2. The van der Waals surface area contributed by atoms with Crippen molar-refractivity contribution in [3.05, 3.63) is 59.1 Å². The monoisotopic (exact) mass is 432 g/mol. The number of halogens is 2. The fourth-order valence-corrected chi connectivity index (χ4v) is 3.62. The molecule has 6 nitrogen and oxygen atoms in total. The van der Waals surface area contributed by atoms with E-state index in [2.05, 4.69) is 20.2 Å². The Morgan fingerprint density at radius 2 is 2.00 bits per heavy atom. The van der Waals surface area contributed by atoms with Crippen LogP contribution in [0.1, 0.15) is 12.8 Å². The van der Waals surface area contributed by atoms with Crippen LogP contribution in [0.25, 0.3) is 11.3 Å². The first-order valence-electron chi connectivity index (χ1n) is 9.61. The van der Waals surface area contributed by atoms with Crippen molar-refractivity contribution in [1.29, 1.82) is 0 Å². The van der Waals surface area contributed by atoms with Gasteiger partial charge in [0.1, 0.15) is 11.9 Å². The van der Waals surface area contributed by atoms with Gasteiger partial charge in [-0.25, -0.2) is 9.97 Å². The second-order valence-corrected chi connectivity index (χ2v) is 7.75. The number of hydrogen-bond acceptors (Lipinski definition) is 6. The topological polar surface area (TPSA) is 63.4 Å². The molecule has 0 unspecified atom stereocenters. The van der Waals surface area contributed by atoms with Crippen LogP contribution in [0.5, 0.6) is 5.75 Å². The average Bonchev–Trinajstić information content (AvgIpc) is 3.27. The van der Waals surface area contributed by atoms with Crippen LogP contribution in [0.2, 0.25) is 10.0 Å². The Morgan fingerprint density at radius 1 is 1.14 bits per heavy atom. The van der Waals surface area contributed by atoms with Gasteiger partial charge in [0, 0.05) is 44.0 Å². The molecule has 4 rings (SSSR count). The lowest BCUT2D eigenvalue weighted by Crippen LogP contribution is -2.40. The Balaban J connectivity index is 1.20. The van der Waals surface area contributed by atoms with E-state index in [1.54, 1.807) is 30.9 Å². The molecule has 0 amide bonds. The molecule has 29 heavy (non-hydrogen) atoms. The number of nitrogens with zero attached hydrogens (tertiary/aromatic N) is 3. The van der Waals surface area contributed by atoms with Crippen LogP contribution in [0, 0.1) is 0 Å². The third-order valence-corrected chi connectivity index (χ3v) is 5.65. The molecule has 0 saturated carbocycles. The van der Waals surface area contributed by atoms with Crippen molar-refractivity contribution in [3.8, 4) is 17.0 Å². The first-order valence-corrected chi connectivity index (χ1v) is 10.4. The summed E-state index contributed by atoms with van der Waals surface area (Å²) in [6, 6.07) is 9.16. The summed E-state index contributed by atoms with van der Waals surface area (Å²) in [7, 11) is 0. The molecule has 0 radical (unpaired) electrons. The number of nitrogens with one attached hydrogen (secondary N) is 1. The van der Waals surface area contributed by atoms with Crippen molar-refractivity contribution in [2.45, 2.75) is 18.9 Å². The molecule has 1 aliphatic rings. The van der Waals surface area contributed by atoms with Gasteiger partial charge in [-0.15, -0.1) is 0 Å². The average molecular weight is 433 g/mol. The lowest BCUT2D eigenvalue weighted by atomic mass is 10.1. The zero-order valence-corrected chi connectivity index (χ0v) is 17.4. The van der Waals surface area contributed by atoms with Crippen LogP contribution in [0.4, 0.5) is 5.95 Å². The first-order chi connectivity index (χ1) is 14.2. The molecule has 1 aliphatic heterocycles. The van der Waals surface area contributed by atoms with Gasteiger partial charge < -0.3 is 19.4 Å². The molecule has 0 bridgehead atoms. The van der Waals surface area contributed by atoms with Gasteiger partial charge in [-0.3, -0.25) is 0 Å². The molecule has 0 aliphatic carbocycles. The smallest absolute Gasteiger partial charge is 0.223 e. The van der Waals surface area contributed by atoms with E-state index >= 15 is 0 Å². The molecule has 0 atom stereocenters. The van der Waals surface area contributed by atoms with Gasteiger partial charge in [0.2, 0.25) is 5.95 Å². The molecule has 152 valence electrons. The largest absolute Gasteiger partial charge is 0.490 e. The zero-order valence-electron chi connectivity index (χ0n) is 15.9. The Bertz CT molecular complexity index is 928. The third-order valence-electron chi connectivity index (χ3n) is 4.91. The minimum atomic E-state index is 0.200. The van der Waals surface area contributed by atoms with Gasteiger partial charge in [-0.1, -0.05) is 23.2 Å². The normalized spacial score (nSPS) is 15.4. The number of aromatic nitrogens is 2. The second-order valence-electron chi connectivity index (χ2n) is 6.94. The number of likely N-dealkylation sites (tertiary alicyclic amines) is 1. The summed E-state index contributed by atoms with van der Waals surface area (Å²) in [5, 5.41) is 4.37. The third kappa shape index (κ3) is 5.41. The van der Waals surface area contributed by atoms with Crippen LogP contribution in [-0.4, -0.2) is 47.2 Å². The van der Waals surface area contributed by atoms with E-state index in [-0.39, 0.29) is 6.10 Å². The van der Waals surface area contributed by atoms with Gasteiger partial charge >= 0.3 is 0 Å². The Kier molecular flexibility index (Phi) is 6.54. The molecule has 1 saturated heterocycles. The van der Waals surface area contributed by atoms with E-state index in [4.69, 9.17) is 32.4 Å². The summed E-state index contributed by atoms with van der Waals surface area (Å²) in [4.78, 5) is 11.2. The van der Waals surface area contributed by atoms with E-state index in [1.165, 1.54) is 0 Å². The van der Waals surface area contributed by atoms with E-state index in [0.717, 1.165) is 56.0 Å². The number of piperidine rings is 1.